The van der Waals surface area contributed by atoms with Gasteiger partial charge in [-0.15, -0.1) is 0 Å². The van der Waals surface area contributed by atoms with Gasteiger partial charge in [0, 0.05) is 43.7 Å². The minimum atomic E-state index is -0.0874. The number of amides is 2. The van der Waals surface area contributed by atoms with Crippen LogP contribution in [0.4, 0.5) is 5.69 Å². The second kappa shape index (κ2) is 8.79. The van der Waals surface area contributed by atoms with Crippen LogP contribution < -0.4 is 9.64 Å². The molecule has 1 aromatic heterocycles. The molecule has 1 unspecified atom stereocenters. The summed E-state index contributed by atoms with van der Waals surface area (Å²) in [5, 5.41) is 0. The van der Waals surface area contributed by atoms with Gasteiger partial charge in [0.1, 0.15) is 18.1 Å². The van der Waals surface area contributed by atoms with E-state index in [9.17, 15) is 9.59 Å². The van der Waals surface area contributed by atoms with Crippen molar-refractivity contribution in [2.45, 2.75) is 32.7 Å². The normalized spacial score (nSPS) is 16.2. The summed E-state index contributed by atoms with van der Waals surface area (Å²) >= 11 is 0. The third-order valence-electron chi connectivity index (χ3n) is 5.95. The van der Waals surface area contributed by atoms with Crippen LogP contribution in [0.3, 0.4) is 0 Å². The molecule has 1 aliphatic heterocycles. The molecule has 31 heavy (non-hydrogen) atoms. The summed E-state index contributed by atoms with van der Waals surface area (Å²) in [5.74, 6) is 1.53. The van der Waals surface area contributed by atoms with Crippen LogP contribution in [-0.4, -0.2) is 53.0 Å². The average molecular weight is 421 g/mol. The third kappa shape index (κ3) is 4.00. The van der Waals surface area contributed by atoms with E-state index in [0.29, 0.717) is 31.8 Å². The number of nitrogens with zero attached hydrogens (tertiary/aromatic N) is 4. The maximum absolute atomic E-state index is 12.9. The molecule has 0 N–H and O–H groups in total. The second-order valence-corrected chi connectivity index (χ2v) is 7.72. The van der Waals surface area contributed by atoms with Crippen molar-refractivity contribution >= 4 is 28.5 Å². The van der Waals surface area contributed by atoms with Crippen molar-refractivity contribution in [2.24, 2.45) is 0 Å². The molecule has 2 heterocycles. The van der Waals surface area contributed by atoms with Crippen molar-refractivity contribution in [3.63, 3.8) is 0 Å². The van der Waals surface area contributed by atoms with Gasteiger partial charge < -0.3 is 19.1 Å². The molecule has 0 bridgehead atoms. The van der Waals surface area contributed by atoms with Crippen molar-refractivity contribution in [2.75, 3.05) is 31.6 Å². The number of carbonyl (C=O) groups is 2. The molecule has 3 aromatic rings. The van der Waals surface area contributed by atoms with E-state index in [-0.39, 0.29) is 24.3 Å². The number of para-hydroxylation sites is 2. The van der Waals surface area contributed by atoms with E-state index in [1.807, 2.05) is 71.8 Å². The zero-order valence-corrected chi connectivity index (χ0v) is 18.2. The molecule has 1 atom stereocenters. The molecular formula is C24H28N4O3. The summed E-state index contributed by atoms with van der Waals surface area (Å²) in [5.41, 5.74) is 2.58. The zero-order valence-electron chi connectivity index (χ0n) is 18.2. The van der Waals surface area contributed by atoms with Crippen molar-refractivity contribution in [1.29, 1.82) is 0 Å². The molecule has 0 radical (unpaired) electrons. The predicted octanol–water partition coefficient (Wildman–Crippen LogP) is 3.43. The predicted molar refractivity (Wildman–Crippen MR) is 120 cm³/mol. The van der Waals surface area contributed by atoms with Crippen LogP contribution >= 0.6 is 0 Å². The summed E-state index contributed by atoms with van der Waals surface area (Å²) in [4.78, 5) is 34.2. The van der Waals surface area contributed by atoms with Crippen LogP contribution in [0.25, 0.3) is 11.0 Å². The molecule has 1 saturated heterocycles. The minimum Gasteiger partial charge on any atom is -0.497 e. The summed E-state index contributed by atoms with van der Waals surface area (Å²) in [6, 6.07) is 15.4. The molecule has 2 amide bonds. The third-order valence-corrected chi connectivity index (χ3v) is 5.95. The van der Waals surface area contributed by atoms with Crippen LogP contribution in [0.2, 0.25) is 0 Å². The number of hydrogen-bond acceptors (Lipinski definition) is 4. The molecule has 1 fully saturated rings. The molecule has 0 spiro atoms. The molecule has 0 saturated carbocycles. The van der Waals surface area contributed by atoms with E-state index in [2.05, 4.69) is 0 Å². The van der Waals surface area contributed by atoms with Crippen LogP contribution in [-0.2, 0) is 16.1 Å². The lowest BCUT2D eigenvalue weighted by Crippen LogP contribution is -2.34. The summed E-state index contributed by atoms with van der Waals surface area (Å²) in [6.07, 6.45) is 0.361. The van der Waals surface area contributed by atoms with E-state index in [4.69, 9.17) is 9.72 Å². The van der Waals surface area contributed by atoms with Crippen molar-refractivity contribution in [1.82, 2.24) is 14.5 Å². The number of benzene rings is 2. The highest BCUT2D eigenvalue weighted by Crippen LogP contribution is 2.34. The van der Waals surface area contributed by atoms with E-state index >= 15 is 0 Å². The number of imidazole rings is 1. The largest absolute Gasteiger partial charge is 0.497 e. The van der Waals surface area contributed by atoms with Crippen LogP contribution in [0.1, 0.15) is 32.0 Å². The van der Waals surface area contributed by atoms with E-state index in [0.717, 1.165) is 22.5 Å². The smallest absolute Gasteiger partial charge is 0.242 e. The quantitative estimate of drug-likeness (QED) is 0.587. The monoisotopic (exact) mass is 420 g/mol. The fourth-order valence-corrected chi connectivity index (χ4v) is 4.29. The Morgan fingerprint density at radius 1 is 1.16 bits per heavy atom. The van der Waals surface area contributed by atoms with Crippen molar-refractivity contribution in [3.05, 3.63) is 54.4 Å². The Labute approximate surface area is 182 Å². The molecule has 0 aliphatic carbocycles. The lowest BCUT2D eigenvalue weighted by molar-refractivity contribution is -0.131. The Balaban J connectivity index is 1.68. The number of anilines is 1. The fraction of sp³-hybridized carbons (Fsp3) is 0.375. The highest BCUT2D eigenvalue weighted by atomic mass is 16.5. The molecule has 2 aromatic carbocycles. The highest BCUT2D eigenvalue weighted by Gasteiger charge is 2.35. The highest BCUT2D eigenvalue weighted by molar-refractivity contribution is 5.96. The number of aromatic nitrogens is 2. The number of carbonyl (C=O) groups excluding carboxylic acids is 2. The number of hydrogen-bond donors (Lipinski definition) is 0. The first-order valence-electron chi connectivity index (χ1n) is 10.7. The van der Waals surface area contributed by atoms with Gasteiger partial charge in [0.25, 0.3) is 0 Å². The number of fused-ring (bicyclic) bond motifs is 1. The van der Waals surface area contributed by atoms with Crippen LogP contribution in [0, 0.1) is 0 Å². The first kappa shape index (κ1) is 20.9. The van der Waals surface area contributed by atoms with Crippen LogP contribution in [0.5, 0.6) is 5.75 Å². The van der Waals surface area contributed by atoms with Gasteiger partial charge in [-0.25, -0.2) is 4.98 Å². The standard InChI is InChI=1S/C24H28N4O3/c1-4-26(5-2)23(30)16-28-21-12-7-6-11-20(21)25-24(28)17-13-22(29)27(15-17)18-9-8-10-19(14-18)31-3/h6-12,14,17H,4-5,13,15-16H2,1-3H3. The van der Waals surface area contributed by atoms with Gasteiger partial charge in [0.05, 0.1) is 18.1 Å². The van der Waals surface area contributed by atoms with Gasteiger partial charge in [-0.1, -0.05) is 18.2 Å². The maximum Gasteiger partial charge on any atom is 0.242 e. The van der Waals surface area contributed by atoms with Gasteiger partial charge in [0.15, 0.2) is 0 Å². The maximum atomic E-state index is 12.9. The van der Waals surface area contributed by atoms with E-state index < -0.39 is 0 Å². The zero-order chi connectivity index (χ0) is 22.0. The Kier molecular flexibility index (Phi) is 5.93. The van der Waals surface area contributed by atoms with Gasteiger partial charge in [-0.3, -0.25) is 9.59 Å². The Hall–Kier alpha value is -3.35. The summed E-state index contributed by atoms with van der Waals surface area (Å²) in [6.45, 7) is 6.05. The molecule has 162 valence electrons. The van der Waals surface area contributed by atoms with Gasteiger partial charge in [-0.2, -0.15) is 0 Å². The lowest BCUT2D eigenvalue weighted by atomic mass is 10.1. The lowest BCUT2D eigenvalue weighted by Gasteiger charge is -2.21. The average Bonchev–Trinajstić information content (AvgIpc) is 3.35. The Morgan fingerprint density at radius 2 is 1.94 bits per heavy atom. The van der Waals surface area contributed by atoms with Gasteiger partial charge in [-0.05, 0) is 38.1 Å². The molecule has 1 aliphatic rings. The number of rotatable bonds is 7. The molecule has 4 rings (SSSR count). The molecule has 7 heteroatoms. The van der Waals surface area contributed by atoms with Gasteiger partial charge >= 0.3 is 0 Å². The Bertz CT molecular complexity index is 1100. The topological polar surface area (TPSA) is 67.7 Å². The number of ether oxygens (including phenoxy) is 1. The van der Waals surface area contributed by atoms with Crippen LogP contribution in [0.15, 0.2) is 48.5 Å². The van der Waals surface area contributed by atoms with Crippen molar-refractivity contribution < 1.29 is 14.3 Å². The Morgan fingerprint density at radius 3 is 2.68 bits per heavy atom. The number of likely N-dealkylation sites (N-methyl/N-ethyl adjacent to an activating group) is 1. The first-order chi connectivity index (χ1) is 15.0. The first-order valence-corrected chi connectivity index (χ1v) is 10.7. The SMILES string of the molecule is CCN(CC)C(=O)Cn1c(C2CC(=O)N(c3cccc(OC)c3)C2)nc2ccccc21. The minimum absolute atomic E-state index is 0.0481. The van der Waals surface area contributed by atoms with Gasteiger partial charge in [0.2, 0.25) is 11.8 Å². The van der Waals surface area contributed by atoms with Crippen molar-refractivity contribution in [3.8, 4) is 5.75 Å². The molecule has 7 nitrogen and oxygen atoms in total. The summed E-state index contributed by atoms with van der Waals surface area (Å²) in [7, 11) is 1.61. The number of methoxy groups -OCH3 is 1. The fourth-order valence-electron chi connectivity index (χ4n) is 4.29. The van der Waals surface area contributed by atoms with E-state index in [1.165, 1.54) is 0 Å². The summed E-state index contributed by atoms with van der Waals surface area (Å²) < 4.78 is 7.30. The second-order valence-electron chi connectivity index (χ2n) is 7.72. The van der Waals surface area contributed by atoms with E-state index in [1.54, 1.807) is 12.0 Å². The molecular weight excluding hydrogens is 392 g/mol.